The van der Waals surface area contributed by atoms with E-state index >= 15 is 0 Å². The molecule has 0 radical (unpaired) electrons. The van der Waals surface area contributed by atoms with Crippen LogP contribution in [0.4, 0.5) is 13.2 Å². The molecule has 0 aliphatic rings. The van der Waals surface area contributed by atoms with Crippen molar-refractivity contribution < 1.29 is 18.0 Å². The molecule has 0 saturated heterocycles. The predicted octanol–water partition coefficient (Wildman–Crippen LogP) is 4.82. The van der Waals surface area contributed by atoms with Gasteiger partial charge in [0.1, 0.15) is 6.61 Å². The van der Waals surface area contributed by atoms with Crippen molar-refractivity contribution in [3.63, 3.8) is 0 Å². The molecule has 0 unspecified atom stereocenters. The second-order valence-corrected chi connectivity index (χ2v) is 4.80. The van der Waals surface area contributed by atoms with Crippen LogP contribution in [0.5, 0.6) is 0 Å². The van der Waals surface area contributed by atoms with Gasteiger partial charge in [-0.05, 0) is 35.2 Å². The Balaban J connectivity index is 1.94. The minimum atomic E-state index is -4.35. The van der Waals surface area contributed by atoms with Crippen LogP contribution in [0.3, 0.4) is 0 Å². The van der Waals surface area contributed by atoms with E-state index in [0.717, 1.165) is 24.1 Å². The Morgan fingerprint density at radius 2 is 1.77 bits per heavy atom. The Labute approximate surface area is 127 Å². The SMILES string of the molecule is CCc1cccc(C=NOCc2cccc(C(F)(F)F)c2)c1. The summed E-state index contributed by atoms with van der Waals surface area (Å²) in [4.78, 5) is 5.07. The average Bonchev–Trinajstić information content (AvgIpc) is 2.51. The van der Waals surface area contributed by atoms with Gasteiger partial charge >= 0.3 is 6.18 Å². The van der Waals surface area contributed by atoms with Crippen LogP contribution in [0, 0.1) is 0 Å². The molecule has 2 aromatic rings. The summed E-state index contributed by atoms with van der Waals surface area (Å²) in [5.74, 6) is 0. The number of alkyl halides is 3. The molecule has 2 rings (SSSR count). The van der Waals surface area contributed by atoms with Gasteiger partial charge in [-0.2, -0.15) is 13.2 Å². The van der Waals surface area contributed by atoms with Crippen molar-refractivity contribution in [2.75, 3.05) is 0 Å². The fourth-order valence-electron chi connectivity index (χ4n) is 1.94. The summed E-state index contributed by atoms with van der Waals surface area (Å²) in [6, 6.07) is 12.8. The standard InChI is InChI=1S/C17H16F3NO/c1-2-13-5-3-6-14(9-13)11-21-22-12-15-7-4-8-16(10-15)17(18,19)20/h3-11H,2,12H2,1H3. The molecule has 0 spiro atoms. The minimum Gasteiger partial charge on any atom is -0.391 e. The molecule has 0 bridgehead atoms. The topological polar surface area (TPSA) is 21.6 Å². The lowest BCUT2D eigenvalue weighted by Gasteiger charge is -2.07. The van der Waals surface area contributed by atoms with E-state index in [1.807, 2.05) is 24.3 Å². The Morgan fingerprint density at radius 1 is 1.05 bits per heavy atom. The Morgan fingerprint density at radius 3 is 2.50 bits per heavy atom. The van der Waals surface area contributed by atoms with Crippen LogP contribution in [0.2, 0.25) is 0 Å². The summed E-state index contributed by atoms with van der Waals surface area (Å²) in [6.07, 6.45) is -1.88. The first-order valence-corrected chi connectivity index (χ1v) is 6.89. The lowest BCUT2D eigenvalue weighted by Crippen LogP contribution is -2.05. The number of hydrogen-bond donors (Lipinski definition) is 0. The van der Waals surface area contributed by atoms with Gasteiger partial charge in [0, 0.05) is 0 Å². The van der Waals surface area contributed by atoms with Crippen LogP contribution >= 0.6 is 0 Å². The summed E-state index contributed by atoms with van der Waals surface area (Å²) in [7, 11) is 0. The predicted molar refractivity (Wildman–Crippen MR) is 79.6 cm³/mol. The molecule has 0 N–H and O–H groups in total. The minimum absolute atomic E-state index is 0.00606. The van der Waals surface area contributed by atoms with E-state index < -0.39 is 11.7 Å². The fraction of sp³-hybridized carbons (Fsp3) is 0.235. The van der Waals surface area contributed by atoms with Crippen LogP contribution in [0.15, 0.2) is 53.7 Å². The van der Waals surface area contributed by atoms with Crippen molar-refractivity contribution in [3.8, 4) is 0 Å². The van der Waals surface area contributed by atoms with Gasteiger partial charge in [0.15, 0.2) is 0 Å². The Kier molecular flexibility index (Phi) is 5.20. The van der Waals surface area contributed by atoms with E-state index in [1.165, 1.54) is 11.6 Å². The van der Waals surface area contributed by atoms with Crippen LogP contribution in [0.25, 0.3) is 0 Å². The third-order valence-electron chi connectivity index (χ3n) is 3.12. The van der Waals surface area contributed by atoms with Gasteiger partial charge in [-0.1, -0.05) is 48.5 Å². The van der Waals surface area contributed by atoms with Crippen molar-refractivity contribution in [2.45, 2.75) is 26.1 Å². The second kappa shape index (κ2) is 7.11. The first kappa shape index (κ1) is 16.1. The zero-order valence-corrected chi connectivity index (χ0v) is 12.1. The van der Waals surface area contributed by atoms with E-state index in [4.69, 9.17) is 4.84 Å². The molecular weight excluding hydrogens is 291 g/mol. The van der Waals surface area contributed by atoms with Crippen LogP contribution in [0.1, 0.15) is 29.2 Å². The maximum atomic E-state index is 12.6. The molecule has 5 heteroatoms. The van der Waals surface area contributed by atoms with Gasteiger partial charge in [-0.15, -0.1) is 0 Å². The van der Waals surface area contributed by atoms with E-state index in [0.29, 0.717) is 5.56 Å². The molecule has 2 aromatic carbocycles. The molecule has 22 heavy (non-hydrogen) atoms. The number of rotatable bonds is 5. The lowest BCUT2D eigenvalue weighted by atomic mass is 10.1. The number of benzene rings is 2. The molecule has 0 aromatic heterocycles. The maximum absolute atomic E-state index is 12.6. The number of oxime groups is 1. The van der Waals surface area contributed by atoms with Crippen molar-refractivity contribution in [1.82, 2.24) is 0 Å². The van der Waals surface area contributed by atoms with Crippen LogP contribution < -0.4 is 0 Å². The summed E-state index contributed by atoms with van der Waals surface area (Å²) in [5, 5.41) is 3.80. The summed E-state index contributed by atoms with van der Waals surface area (Å²) in [5.41, 5.74) is 1.81. The van der Waals surface area contributed by atoms with Crippen molar-refractivity contribution in [3.05, 3.63) is 70.8 Å². The summed E-state index contributed by atoms with van der Waals surface area (Å²) < 4.78 is 37.7. The number of hydrogen-bond acceptors (Lipinski definition) is 2. The van der Waals surface area contributed by atoms with E-state index in [-0.39, 0.29) is 6.61 Å². The highest BCUT2D eigenvalue weighted by Crippen LogP contribution is 2.29. The van der Waals surface area contributed by atoms with Crippen LogP contribution in [-0.2, 0) is 24.0 Å². The van der Waals surface area contributed by atoms with Gasteiger partial charge < -0.3 is 4.84 Å². The second-order valence-electron chi connectivity index (χ2n) is 4.80. The number of halogens is 3. The first-order valence-electron chi connectivity index (χ1n) is 6.89. The Hall–Kier alpha value is -2.30. The van der Waals surface area contributed by atoms with Gasteiger partial charge in [-0.3, -0.25) is 0 Å². The molecule has 0 saturated carbocycles. The molecule has 0 heterocycles. The molecule has 0 atom stereocenters. The van der Waals surface area contributed by atoms with Gasteiger partial charge in [0.05, 0.1) is 11.8 Å². The third-order valence-corrected chi connectivity index (χ3v) is 3.12. The summed E-state index contributed by atoms with van der Waals surface area (Å²) in [6.45, 7) is 2.05. The van der Waals surface area contributed by atoms with E-state index in [1.54, 1.807) is 12.3 Å². The van der Waals surface area contributed by atoms with Crippen LogP contribution in [-0.4, -0.2) is 6.21 Å². The normalized spacial score (nSPS) is 11.8. The third kappa shape index (κ3) is 4.62. The van der Waals surface area contributed by atoms with Crippen molar-refractivity contribution >= 4 is 6.21 Å². The highest BCUT2D eigenvalue weighted by molar-refractivity contribution is 5.79. The zero-order chi connectivity index (χ0) is 16.0. The molecule has 2 nitrogen and oxygen atoms in total. The first-order chi connectivity index (χ1) is 10.5. The number of aryl methyl sites for hydroxylation is 1. The van der Waals surface area contributed by atoms with E-state index in [9.17, 15) is 13.2 Å². The smallest absolute Gasteiger partial charge is 0.391 e. The van der Waals surface area contributed by atoms with Crippen molar-refractivity contribution in [1.29, 1.82) is 0 Å². The molecular formula is C17H16F3NO. The lowest BCUT2D eigenvalue weighted by molar-refractivity contribution is -0.137. The highest BCUT2D eigenvalue weighted by Gasteiger charge is 2.30. The fourth-order valence-corrected chi connectivity index (χ4v) is 1.94. The maximum Gasteiger partial charge on any atom is 0.416 e. The Bertz CT molecular complexity index is 650. The summed E-state index contributed by atoms with van der Waals surface area (Å²) >= 11 is 0. The quantitative estimate of drug-likeness (QED) is 0.573. The molecule has 0 amide bonds. The monoisotopic (exact) mass is 307 g/mol. The molecule has 0 fully saturated rings. The average molecular weight is 307 g/mol. The van der Waals surface area contributed by atoms with Gasteiger partial charge in [-0.25, -0.2) is 0 Å². The van der Waals surface area contributed by atoms with Gasteiger partial charge in [0.25, 0.3) is 0 Å². The molecule has 0 aliphatic heterocycles. The number of nitrogens with zero attached hydrogens (tertiary/aromatic N) is 1. The molecule has 0 aliphatic carbocycles. The highest BCUT2D eigenvalue weighted by atomic mass is 19.4. The van der Waals surface area contributed by atoms with Gasteiger partial charge in [0.2, 0.25) is 0 Å². The zero-order valence-electron chi connectivity index (χ0n) is 12.1. The molecule has 116 valence electrons. The van der Waals surface area contributed by atoms with E-state index in [2.05, 4.69) is 12.1 Å². The largest absolute Gasteiger partial charge is 0.416 e. The van der Waals surface area contributed by atoms with Crippen molar-refractivity contribution in [2.24, 2.45) is 5.16 Å².